The molecule has 2 aromatic rings. The first kappa shape index (κ1) is 19.3. The Kier molecular flexibility index (Phi) is 6.06. The fourth-order valence-corrected chi connectivity index (χ4v) is 3.43. The summed E-state index contributed by atoms with van der Waals surface area (Å²) in [6, 6.07) is 12.0. The molecule has 1 aliphatic heterocycles. The lowest BCUT2D eigenvalue weighted by Crippen LogP contribution is -2.49. The summed E-state index contributed by atoms with van der Waals surface area (Å²) in [7, 11) is 1.72. The van der Waals surface area contributed by atoms with E-state index in [9.17, 15) is 13.6 Å². The Labute approximate surface area is 157 Å². The number of likely N-dealkylation sites (N-methyl/N-ethyl adjacent to an activating group) is 1. The Morgan fingerprint density at radius 3 is 2.48 bits per heavy atom. The largest absolute Gasteiger partial charge is 0.492 e. The van der Waals surface area contributed by atoms with Crippen LogP contribution in [0, 0.1) is 11.6 Å². The summed E-state index contributed by atoms with van der Waals surface area (Å²) in [5.41, 5.74) is -0.104. The Morgan fingerprint density at radius 2 is 1.81 bits per heavy atom. The molecule has 0 bridgehead atoms. The third-order valence-electron chi connectivity index (χ3n) is 4.99. The fourth-order valence-electron chi connectivity index (χ4n) is 3.43. The van der Waals surface area contributed by atoms with Crippen LogP contribution >= 0.6 is 0 Å². The van der Waals surface area contributed by atoms with Gasteiger partial charge < -0.3 is 14.4 Å². The Balaban J connectivity index is 1.69. The maximum absolute atomic E-state index is 13.8. The summed E-state index contributed by atoms with van der Waals surface area (Å²) in [6.07, 6.45) is 1.02. The van der Waals surface area contributed by atoms with Crippen LogP contribution in [0.25, 0.3) is 0 Å². The average molecular weight is 375 g/mol. The number of amides is 1. The number of rotatable bonds is 6. The van der Waals surface area contributed by atoms with Gasteiger partial charge in [0, 0.05) is 20.3 Å². The SMILES string of the molecule is CN(CCOc1ccc(F)cc1)C(=O)C1(c2cccc(F)c2)CCOCC1. The number of nitrogens with zero attached hydrogens (tertiary/aromatic N) is 1. The molecular formula is C21H23F2NO3. The highest BCUT2D eigenvalue weighted by molar-refractivity contribution is 5.88. The molecule has 2 aromatic carbocycles. The van der Waals surface area contributed by atoms with Gasteiger partial charge in [-0.3, -0.25) is 4.79 Å². The zero-order valence-corrected chi connectivity index (χ0v) is 15.3. The van der Waals surface area contributed by atoms with Gasteiger partial charge >= 0.3 is 0 Å². The molecule has 0 atom stereocenters. The molecule has 0 spiro atoms. The van der Waals surface area contributed by atoms with Crippen LogP contribution in [0.3, 0.4) is 0 Å². The van der Waals surface area contributed by atoms with Crippen molar-refractivity contribution in [1.82, 2.24) is 4.90 Å². The summed E-state index contributed by atoms with van der Waals surface area (Å²) >= 11 is 0. The Hall–Kier alpha value is -2.47. The molecule has 1 fully saturated rings. The van der Waals surface area contributed by atoms with E-state index in [0.29, 0.717) is 43.9 Å². The van der Waals surface area contributed by atoms with Crippen LogP contribution in [0.5, 0.6) is 5.75 Å². The van der Waals surface area contributed by atoms with E-state index in [1.54, 1.807) is 36.2 Å². The molecule has 6 heteroatoms. The number of carbonyl (C=O) groups excluding carboxylic acids is 1. The highest BCUT2D eigenvalue weighted by Gasteiger charge is 2.43. The lowest BCUT2D eigenvalue weighted by Gasteiger charge is -2.39. The predicted octanol–water partition coefficient (Wildman–Crippen LogP) is 3.55. The summed E-state index contributed by atoms with van der Waals surface area (Å²) in [5, 5.41) is 0. The van der Waals surface area contributed by atoms with Crippen LogP contribution in [0.15, 0.2) is 48.5 Å². The topological polar surface area (TPSA) is 38.8 Å². The van der Waals surface area contributed by atoms with Crippen LogP contribution < -0.4 is 4.74 Å². The van der Waals surface area contributed by atoms with Crippen molar-refractivity contribution in [3.05, 3.63) is 65.7 Å². The molecule has 1 heterocycles. The van der Waals surface area contributed by atoms with Gasteiger partial charge in [-0.05, 0) is 54.8 Å². The van der Waals surface area contributed by atoms with E-state index in [2.05, 4.69) is 0 Å². The van der Waals surface area contributed by atoms with Crippen LogP contribution in [-0.2, 0) is 14.9 Å². The number of benzene rings is 2. The molecule has 27 heavy (non-hydrogen) atoms. The number of carbonyl (C=O) groups is 1. The molecule has 4 nitrogen and oxygen atoms in total. The number of halogens is 2. The first-order valence-corrected chi connectivity index (χ1v) is 8.99. The van der Waals surface area contributed by atoms with E-state index >= 15 is 0 Å². The predicted molar refractivity (Wildman–Crippen MR) is 97.7 cm³/mol. The van der Waals surface area contributed by atoms with Crippen molar-refractivity contribution < 1.29 is 23.0 Å². The van der Waals surface area contributed by atoms with Gasteiger partial charge in [0.25, 0.3) is 0 Å². The van der Waals surface area contributed by atoms with Crippen molar-refractivity contribution >= 4 is 5.91 Å². The Bertz CT molecular complexity index is 773. The molecule has 0 N–H and O–H groups in total. The molecule has 3 rings (SSSR count). The fraction of sp³-hybridized carbons (Fsp3) is 0.381. The summed E-state index contributed by atoms with van der Waals surface area (Å²) in [6.45, 7) is 1.57. The highest BCUT2D eigenvalue weighted by Crippen LogP contribution is 2.36. The summed E-state index contributed by atoms with van der Waals surface area (Å²) in [4.78, 5) is 14.9. The lowest BCUT2D eigenvalue weighted by atomic mass is 9.73. The van der Waals surface area contributed by atoms with Gasteiger partial charge in [0.15, 0.2) is 0 Å². The van der Waals surface area contributed by atoms with Gasteiger partial charge in [0.05, 0.1) is 12.0 Å². The zero-order valence-electron chi connectivity index (χ0n) is 15.3. The molecule has 0 radical (unpaired) electrons. The van der Waals surface area contributed by atoms with Crippen LogP contribution in [0.2, 0.25) is 0 Å². The smallest absolute Gasteiger partial charge is 0.233 e. The number of hydrogen-bond acceptors (Lipinski definition) is 3. The number of ether oxygens (including phenoxy) is 2. The van der Waals surface area contributed by atoms with E-state index in [-0.39, 0.29) is 24.1 Å². The Morgan fingerprint density at radius 1 is 1.11 bits per heavy atom. The molecule has 1 aliphatic rings. The van der Waals surface area contributed by atoms with Crippen molar-refractivity contribution in [3.63, 3.8) is 0 Å². The third kappa shape index (κ3) is 4.45. The standard InChI is InChI=1S/C21H23F2NO3/c1-24(11-14-27-19-7-5-17(22)6-8-19)20(25)21(9-12-26-13-10-21)16-3-2-4-18(23)15-16/h2-8,15H,9-14H2,1H3. The molecule has 0 aromatic heterocycles. The summed E-state index contributed by atoms with van der Waals surface area (Å²) < 4.78 is 37.7. The van der Waals surface area contributed by atoms with Gasteiger partial charge in [-0.2, -0.15) is 0 Å². The third-order valence-corrected chi connectivity index (χ3v) is 4.99. The first-order valence-electron chi connectivity index (χ1n) is 8.99. The quantitative estimate of drug-likeness (QED) is 0.775. The van der Waals surface area contributed by atoms with Gasteiger partial charge in [0.1, 0.15) is 24.0 Å². The lowest BCUT2D eigenvalue weighted by molar-refractivity contribution is -0.140. The van der Waals surface area contributed by atoms with E-state index < -0.39 is 5.41 Å². The van der Waals surface area contributed by atoms with Gasteiger partial charge in [-0.15, -0.1) is 0 Å². The second-order valence-electron chi connectivity index (χ2n) is 6.73. The van der Waals surface area contributed by atoms with Crippen LogP contribution in [0.4, 0.5) is 8.78 Å². The van der Waals surface area contributed by atoms with Crippen LogP contribution in [-0.4, -0.2) is 44.2 Å². The highest BCUT2D eigenvalue weighted by atomic mass is 19.1. The van der Waals surface area contributed by atoms with Gasteiger partial charge in [-0.1, -0.05) is 12.1 Å². The molecule has 1 saturated heterocycles. The van der Waals surface area contributed by atoms with Crippen molar-refractivity contribution in [3.8, 4) is 5.75 Å². The minimum absolute atomic E-state index is 0.0703. The minimum Gasteiger partial charge on any atom is -0.492 e. The summed E-state index contributed by atoms with van der Waals surface area (Å²) in [5.74, 6) is -0.207. The van der Waals surface area contributed by atoms with Crippen molar-refractivity contribution in [2.45, 2.75) is 18.3 Å². The van der Waals surface area contributed by atoms with Crippen molar-refractivity contribution in [2.24, 2.45) is 0 Å². The number of hydrogen-bond donors (Lipinski definition) is 0. The molecule has 0 unspecified atom stereocenters. The van der Waals surface area contributed by atoms with E-state index in [1.807, 2.05) is 0 Å². The first-order chi connectivity index (χ1) is 13.0. The van der Waals surface area contributed by atoms with Gasteiger partial charge in [-0.25, -0.2) is 8.78 Å². The maximum atomic E-state index is 13.8. The second-order valence-corrected chi connectivity index (χ2v) is 6.73. The van der Waals surface area contributed by atoms with Crippen molar-refractivity contribution in [1.29, 1.82) is 0 Å². The van der Waals surface area contributed by atoms with E-state index in [0.717, 1.165) is 0 Å². The zero-order chi connectivity index (χ0) is 19.3. The minimum atomic E-state index is -0.787. The molecule has 1 amide bonds. The maximum Gasteiger partial charge on any atom is 0.233 e. The second kappa shape index (κ2) is 8.48. The monoisotopic (exact) mass is 375 g/mol. The average Bonchev–Trinajstić information content (AvgIpc) is 2.69. The van der Waals surface area contributed by atoms with Crippen LogP contribution in [0.1, 0.15) is 18.4 Å². The van der Waals surface area contributed by atoms with Gasteiger partial charge in [0.2, 0.25) is 5.91 Å². The molecular weight excluding hydrogens is 352 g/mol. The normalized spacial score (nSPS) is 16.0. The van der Waals surface area contributed by atoms with E-state index in [4.69, 9.17) is 9.47 Å². The molecule has 144 valence electrons. The molecule has 0 aliphatic carbocycles. The van der Waals surface area contributed by atoms with Crippen molar-refractivity contribution in [2.75, 3.05) is 33.4 Å². The van der Waals surface area contributed by atoms with E-state index in [1.165, 1.54) is 24.3 Å². The molecule has 0 saturated carbocycles.